The molecule has 1 aliphatic heterocycles. The van der Waals surface area contributed by atoms with E-state index < -0.39 is 0 Å². The van der Waals surface area contributed by atoms with Crippen molar-refractivity contribution in [1.82, 2.24) is 0 Å². The Hall–Kier alpha value is -0.280. The van der Waals surface area contributed by atoms with Crippen LogP contribution in [0.3, 0.4) is 0 Å². The highest BCUT2D eigenvalue weighted by molar-refractivity contribution is 8.16. The number of benzene rings is 1. The minimum atomic E-state index is 0.618. The first-order valence-electron chi connectivity index (χ1n) is 8.29. The number of ether oxygens (including phenoxy) is 1. The van der Waals surface area contributed by atoms with Crippen LogP contribution in [0.5, 0.6) is 5.75 Å². The first kappa shape index (κ1) is 17.1. The molecule has 0 spiro atoms. The molecule has 3 heteroatoms. The lowest BCUT2D eigenvalue weighted by molar-refractivity contribution is 0.309. The standard InChI is InChI=1S/C18H28OS2/c1-3-5-7-15-13-20-18(21-14-15)16-8-10-17(11-9-16)19-12-6-4-2/h8-11,15,18H,3-7,12-14H2,1-2H3. The molecule has 0 N–H and O–H groups in total. The van der Waals surface area contributed by atoms with Crippen LogP contribution in [0.15, 0.2) is 24.3 Å². The van der Waals surface area contributed by atoms with E-state index in [4.69, 9.17) is 4.74 Å². The van der Waals surface area contributed by atoms with Crippen LogP contribution in [0, 0.1) is 5.92 Å². The molecule has 1 aromatic carbocycles. The van der Waals surface area contributed by atoms with Crippen molar-refractivity contribution in [2.24, 2.45) is 5.92 Å². The molecular weight excluding hydrogens is 296 g/mol. The number of hydrogen-bond acceptors (Lipinski definition) is 3. The lowest BCUT2D eigenvalue weighted by Crippen LogP contribution is -2.14. The zero-order chi connectivity index (χ0) is 14.9. The van der Waals surface area contributed by atoms with Crippen molar-refractivity contribution in [3.8, 4) is 5.75 Å². The highest BCUT2D eigenvalue weighted by Crippen LogP contribution is 2.46. The second-order valence-electron chi connectivity index (χ2n) is 5.78. The Morgan fingerprint density at radius 1 is 1.00 bits per heavy atom. The lowest BCUT2D eigenvalue weighted by Gasteiger charge is -2.28. The molecule has 0 aromatic heterocycles. The molecular formula is C18H28OS2. The van der Waals surface area contributed by atoms with Gasteiger partial charge in [-0.2, -0.15) is 0 Å². The SMILES string of the molecule is CCCCOc1ccc(C2SCC(CCCC)CS2)cc1. The predicted octanol–water partition coefficient (Wildman–Crippen LogP) is 6.15. The highest BCUT2D eigenvalue weighted by Gasteiger charge is 2.22. The Morgan fingerprint density at radius 2 is 1.67 bits per heavy atom. The van der Waals surface area contributed by atoms with E-state index in [0.29, 0.717) is 4.58 Å². The van der Waals surface area contributed by atoms with Gasteiger partial charge >= 0.3 is 0 Å². The molecule has 0 aliphatic carbocycles. The molecule has 2 rings (SSSR count). The summed E-state index contributed by atoms with van der Waals surface area (Å²) in [5.41, 5.74) is 1.45. The quantitative estimate of drug-likeness (QED) is 0.531. The van der Waals surface area contributed by atoms with Gasteiger partial charge in [-0.15, -0.1) is 23.5 Å². The molecule has 0 radical (unpaired) electrons. The van der Waals surface area contributed by atoms with Crippen LogP contribution in [-0.4, -0.2) is 18.1 Å². The third-order valence-electron chi connectivity index (χ3n) is 3.85. The molecule has 1 heterocycles. The summed E-state index contributed by atoms with van der Waals surface area (Å²) in [6, 6.07) is 8.77. The summed E-state index contributed by atoms with van der Waals surface area (Å²) >= 11 is 4.25. The molecule has 0 amide bonds. The van der Waals surface area contributed by atoms with E-state index in [-0.39, 0.29) is 0 Å². The average Bonchev–Trinajstić information content (AvgIpc) is 2.54. The van der Waals surface area contributed by atoms with E-state index in [0.717, 1.165) is 24.7 Å². The van der Waals surface area contributed by atoms with E-state index in [1.807, 2.05) is 0 Å². The van der Waals surface area contributed by atoms with Gasteiger partial charge in [0, 0.05) is 0 Å². The lowest BCUT2D eigenvalue weighted by atomic mass is 10.1. The van der Waals surface area contributed by atoms with Crippen LogP contribution in [0.25, 0.3) is 0 Å². The van der Waals surface area contributed by atoms with E-state index in [2.05, 4.69) is 61.6 Å². The summed E-state index contributed by atoms with van der Waals surface area (Å²) in [7, 11) is 0. The van der Waals surface area contributed by atoms with Gasteiger partial charge in [0.25, 0.3) is 0 Å². The molecule has 0 saturated carbocycles. The maximum absolute atomic E-state index is 5.74. The minimum Gasteiger partial charge on any atom is -0.494 e. The summed E-state index contributed by atoms with van der Waals surface area (Å²) in [5, 5.41) is 0. The van der Waals surface area contributed by atoms with Crippen molar-refractivity contribution in [2.45, 2.75) is 50.5 Å². The molecule has 0 unspecified atom stereocenters. The number of rotatable bonds is 8. The fourth-order valence-electron chi connectivity index (χ4n) is 2.45. The summed E-state index contributed by atoms with van der Waals surface area (Å²) in [6.45, 7) is 5.32. The normalized spacial score (nSPS) is 22.2. The molecule has 21 heavy (non-hydrogen) atoms. The second-order valence-corrected chi connectivity index (χ2v) is 8.35. The Morgan fingerprint density at radius 3 is 2.29 bits per heavy atom. The van der Waals surface area contributed by atoms with Gasteiger partial charge in [0.1, 0.15) is 5.75 Å². The Bertz CT molecular complexity index is 383. The van der Waals surface area contributed by atoms with Crippen molar-refractivity contribution in [3.05, 3.63) is 29.8 Å². The van der Waals surface area contributed by atoms with Gasteiger partial charge in [0.15, 0.2) is 0 Å². The van der Waals surface area contributed by atoms with Crippen LogP contribution < -0.4 is 4.74 Å². The fourth-order valence-corrected chi connectivity index (χ4v) is 5.62. The topological polar surface area (TPSA) is 9.23 Å². The van der Waals surface area contributed by atoms with Crippen molar-refractivity contribution < 1.29 is 4.74 Å². The van der Waals surface area contributed by atoms with Crippen molar-refractivity contribution >= 4 is 23.5 Å². The van der Waals surface area contributed by atoms with Crippen LogP contribution in [0.1, 0.15) is 56.1 Å². The molecule has 118 valence electrons. The molecule has 0 bridgehead atoms. The monoisotopic (exact) mass is 324 g/mol. The smallest absolute Gasteiger partial charge is 0.119 e. The first-order chi connectivity index (χ1) is 10.3. The van der Waals surface area contributed by atoms with Gasteiger partial charge in [-0.25, -0.2) is 0 Å². The first-order valence-corrected chi connectivity index (χ1v) is 10.4. The van der Waals surface area contributed by atoms with E-state index in [9.17, 15) is 0 Å². The highest BCUT2D eigenvalue weighted by atomic mass is 32.2. The summed E-state index contributed by atoms with van der Waals surface area (Å²) in [6.07, 6.45) is 6.45. The molecule has 1 fully saturated rings. The maximum Gasteiger partial charge on any atom is 0.119 e. The number of thioether (sulfide) groups is 2. The van der Waals surface area contributed by atoms with Crippen LogP contribution in [-0.2, 0) is 0 Å². The van der Waals surface area contributed by atoms with Gasteiger partial charge in [0.05, 0.1) is 11.2 Å². The molecule has 1 aromatic rings. The van der Waals surface area contributed by atoms with Gasteiger partial charge < -0.3 is 4.74 Å². The van der Waals surface area contributed by atoms with Crippen molar-refractivity contribution in [3.63, 3.8) is 0 Å². The van der Waals surface area contributed by atoms with E-state index >= 15 is 0 Å². The third-order valence-corrected chi connectivity index (χ3v) is 7.15. The average molecular weight is 325 g/mol. The van der Waals surface area contributed by atoms with Crippen LogP contribution in [0.4, 0.5) is 0 Å². The van der Waals surface area contributed by atoms with Gasteiger partial charge in [0.2, 0.25) is 0 Å². The Kier molecular flexibility index (Phi) is 7.87. The van der Waals surface area contributed by atoms with Gasteiger partial charge in [-0.05, 0) is 48.0 Å². The summed E-state index contributed by atoms with van der Waals surface area (Å²) < 4.78 is 6.35. The second kappa shape index (κ2) is 9.68. The largest absolute Gasteiger partial charge is 0.494 e. The Balaban J connectivity index is 1.78. The van der Waals surface area contributed by atoms with Crippen LogP contribution >= 0.6 is 23.5 Å². The summed E-state index contributed by atoms with van der Waals surface area (Å²) in [5.74, 6) is 4.59. The molecule has 0 atom stereocenters. The van der Waals surface area contributed by atoms with E-state index in [1.54, 1.807) is 0 Å². The van der Waals surface area contributed by atoms with Crippen molar-refractivity contribution in [1.29, 1.82) is 0 Å². The fraction of sp³-hybridized carbons (Fsp3) is 0.667. The third kappa shape index (κ3) is 5.78. The zero-order valence-corrected chi connectivity index (χ0v) is 15.0. The van der Waals surface area contributed by atoms with Crippen LogP contribution in [0.2, 0.25) is 0 Å². The van der Waals surface area contributed by atoms with Gasteiger partial charge in [-0.3, -0.25) is 0 Å². The number of hydrogen-bond donors (Lipinski definition) is 0. The maximum atomic E-state index is 5.74. The zero-order valence-electron chi connectivity index (χ0n) is 13.3. The Labute approximate surface area is 138 Å². The molecule has 1 saturated heterocycles. The predicted molar refractivity (Wildman–Crippen MR) is 97.5 cm³/mol. The van der Waals surface area contributed by atoms with E-state index in [1.165, 1.54) is 42.8 Å². The summed E-state index contributed by atoms with van der Waals surface area (Å²) in [4.78, 5) is 0. The van der Waals surface area contributed by atoms with Crippen molar-refractivity contribution in [2.75, 3.05) is 18.1 Å². The molecule has 1 nitrogen and oxygen atoms in total. The minimum absolute atomic E-state index is 0.618. The van der Waals surface area contributed by atoms with Gasteiger partial charge in [-0.1, -0.05) is 45.2 Å². The number of unbranched alkanes of at least 4 members (excludes halogenated alkanes) is 2. The molecule has 1 aliphatic rings.